The largest absolute Gasteiger partial charge is 0.438 e. The summed E-state index contributed by atoms with van der Waals surface area (Å²) in [7, 11) is 0. The van der Waals surface area contributed by atoms with Crippen molar-refractivity contribution in [2.75, 3.05) is 13.1 Å². The maximum atomic E-state index is 12.1. The Morgan fingerprint density at radius 1 is 1.43 bits per heavy atom. The van der Waals surface area contributed by atoms with Crippen LogP contribution in [0, 0.1) is 5.92 Å². The number of amides is 1. The zero-order valence-corrected chi connectivity index (χ0v) is 13.4. The fraction of sp³-hybridized carbons (Fsp3) is 0.444. The number of rotatable bonds is 6. The van der Waals surface area contributed by atoms with Crippen molar-refractivity contribution >= 4 is 5.91 Å². The number of hydrogen-bond donors (Lipinski definition) is 2. The van der Waals surface area contributed by atoms with E-state index in [-0.39, 0.29) is 11.9 Å². The third-order valence-electron chi connectivity index (χ3n) is 4.27. The van der Waals surface area contributed by atoms with Gasteiger partial charge in [-0.2, -0.15) is 0 Å². The molecule has 1 fully saturated rings. The van der Waals surface area contributed by atoms with E-state index in [0.29, 0.717) is 18.2 Å². The molecular formula is C18H23N3O2. The lowest BCUT2D eigenvalue weighted by Gasteiger charge is -2.12. The number of carbonyl (C=O) groups is 1. The van der Waals surface area contributed by atoms with Crippen LogP contribution in [0.1, 0.15) is 38.1 Å². The highest BCUT2D eigenvalue weighted by Crippen LogP contribution is 2.23. The fourth-order valence-corrected chi connectivity index (χ4v) is 2.90. The predicted molar refractivity (Wildman–Crippen MR) is 88.7 cm³/mol. The number of carbonyl (C=O) groups excluding carboxylic acids is 1. The predicted octanol–water partition coefficient (Wildman–Crippen LogP) is 2.91. The van der Waals surface area contributed by atoms with E-state index < -0.39 is 0 Å². The Bertz CT molecular complexity index is 633. The van der Waals surface area contributed by atoms with Crippen molar-refractivity contribution in [1.29, 1.82) is 0 Å². The third kappa shape index (κ3) is 4.20. The second-order valence-electron chi connectivity index (χ2n) is 6.12. The third-order valence-corrected chi connectivity index (χ3v) is 4.27. The maximum absolute atomic E-state index is 12.1. The van der Waals surface area contributed by atoms with Crippen LogP contribution in [0.25, 0.3) is 11.3 Å². The van der Waals surface area contributed by atoms with Crippen LogP contribution in [0.4, 0.5) is 0 Å². The van der Waals surface area contributed by atoms with E-state index in [1.165, 1.54) is 6.42 Å². The van der Waals surface area contributed by atoms with Crippen molar-refractivity contribution < 1.29 is 9.21 Å². The molecule has 1 aliphatic rings. The molecule has 0 saturated carbocycles. The summed E-state index contributed by atoms with van der Waals surface area (Å²) in [5, 5.41) is 6.29. The molecule has 1 amide bonds. The summed E-state index contributed by atoms with van der Waals surface area (Å²) in [4.78, 5) is 16.4. The lowest BCUT2D eigenvalue weighted by molar-refractivity contribution is -0.122. The van der Waals surface area contributed by atoms with Gasteiger partial charge in [0.1, 0.15) is 6.04 Å². The van der Waals surface area contributed by atoms with Gasteiger partial charge in [-0.05, 0) is 38.8 Å². The monoisotopic (exact) mass is 313 g/mol. The minimum Gasteiger partial charge on any atom is -0.438 e. The van der Waals surface area contributed by atoms with Gasteiger partial charge >= 0.3 is 0 Å². The van der Waals surface area contributed by atoms with Crippen LogP contribution in [0.15, 0.2) is 40.9 Å². The molecule has 0 aliphatic carbocycles. The van der Waals surface area contributed by atoms with Gasteiger partial charge in [-0.3, -0.25) is 4.79 Å². The first-order valence-electron chi connectivity index (χ1n) is 8.23. The zero-order valence-electron chi connectivity index (χ0n) is 13.4. The summed E-state index contributed by atoms with van der Waals surface area (Å²) in [5.74, 6) is 1.95. The Balaban J connectivity index is 1.52. The minimum atomic E-state index is -0.221. The summed E-state index contributed by atoms with van der Waals surface area (Å²) in [6.45, 7) is 4.00. The van der Waals surface area contributed by atoms with E-state index >= 15 is 0 Å². The highest BCUT2D eigenvalue weighted by molar-refractivity contribution is 5.76. The van der Waals surface area contributed by atoms with Crippen molar-refractivity contribution in [3.8, 4) is 11.3 Å². The molecule has 3 rings (SSSR count). The van der Waals surface area contributed by atoms with Gasteiger partial charge in [0, 0.05) is 12.0 Å². The SMILES string of the molecule is CC(NC(=O)CCC1CCNC1)c1ncc(-c2ccccc2)o1. The number of hydrogen-bond acceptors (Lipinski definition) is 4. The van der Waals surface area contributed by atoms with Crippen LogP contribution in [0.5, 0.6) is 0 Å². The number of oxazole rings is 1. The molecule has 5 nitrogen and oxygen atoms in total. The quantitative estimate of drug-likeness (QED) is 0.860. The average molecular weight is 313 g/mol. The lowest BCUT2D eigenvalue weighted by atomic mass is 10.0. The van der Waals surface area contributed by atoms with E-state index in [4.69, 9.17) is 4.42 Å². The maximum Gasteiger partial charge on any atom is 0.220 e. The molecule has 0 spiro atoms. The van der Waals surface area contributed by atoms with E-state index in [9.17, 15) is 4.79 Å². The fourth-order valence-electron chi connectivity index (χ4n) is 2.90. The molecule has 23 heavy (non-hydrogen) atoms. The van der Waals surface area contributed by atoms with Gasteiger partial charge in [0.15, 0.2) is 5.76 Å². The van der Waals surface area contributed by atoms with Crippen LogP contribution in [-0.2, 0) is 4.79 Å². The smallest absolute Gasteiger partial charge is 0.220 e. The van der Waals surface area contributed by atoms with Crippen molar-refractivity contribution in [1.82, 2.24) is 15.6 Å². The molecule has 2 atom stereocenters. The number of nitrogens with one attached hydrogen (secondary N) is 2. The molecule has 1 aromatic carbocycles. The Labute approximate surface area is 136 Å². The van der Waals surface area contributed by atoms with Gasteiger partial charge < -0.3 is 15.1 Å². The Kier molecular flexibility index (Phi) is 5.08. The highest BCUT2D eigenvalue weighted by atomic mass is 16.4. The van der Waals surface area contributed by atoms with Crippen molar-refractivity contribution in [3.63, 3.8) is 0 Å². The van der Waals surface area contributed by atoms with Crippen molar-refractivity contribution in [2.45, 2.75) is 32.2 Å². The molecule has 0 bridgehead atoms. The number of aromatic nitrogens is 1. The van der Waals surface area contributed by atoms with Gasteiger partial charge in [-0.25, -0.2) is 4.98 Å². The number of nitrogens with zero attached hydrogens (tertiary/aromatic N) is 1. The normalized spacial score (nSPS) is 18.7. The van der Waals surface area contributed by atoms with E-state index in [1.54, 1.807) is 6.20 Å². The molecule has 2 heterocycles. The molecule has 2 N–H and O–H groups in total. The van der Waals surface area contributed by atoms with E-state index in [0.717, 1.165) is 30.8 Å². The Morgan fingerprint density at radius 2 is 2.26 bits per heavy atom. The Morgan fingerprint density at radius 3 is 3.00 bits per heavy atom. The first-order chi connectivity index (χ1) is 11.2. The van der Waals surface area contributed by atoms with Crippen LogP contribution < -0.4 is 10.6 Å². The summed E-state index contributed by atoms with van der Waals surface area (Å²) < 4.78 is 5.77. The molecule has 5 heteroatoms. The standard InChI is InChI=1S/C18H23N3O2/c1-13(21-17(22)8-7-14-9-10-19-11-14)18-20-12-16(23-18)15-5-3-2-4-6-15/h2-6,12-14,19H,7-11H2,1H3,(H,21,22). The molecule has 122 valence electrons. The summed E-state index contributed by atoms with van der Waals surface area (Å²) in [6.07, 6.45) is 4.37. The van der Waals surface area contributed by atoms with Gasteiger partial charge in [0.25, 0.3) is 0 Å². The summed E-state index contributed by atoms with van der Waals surface area (Å²) in [6, 6.07) is 9.61. The molecule has 2 aromatic rings. The van der Waals surface area contributed by atoms with Gasteiger partial charge in [-0.1, -0.05) is 30.3 Å². The molecular weight excluding hydrogens is 290 g/mol. The van der Waals surface area contributed by atoms with E-state index in [2.05, 4.69) is 15.6 Å². The van der Waals surface area contributed by atoms with Gasteiger partial charge in [0.05, 0.1) is 6.20 Å². The minimum absolute atomic E-state index is 0.0591. The molecule has 2 unspecified atom stereocenters. The summed E-state index contributed by atoms with van der Waals surface area (Å²) in [5.41, 5.74) is 0.985. The summed E-state index contributed by atoms with van der Waals surface area (Å²) >= 11 is 0. The van der Waals surface area contributed by atoms with Gasteiger partial charge in [0.2, 0.25) is 11.8 Å². The van der Waals surface area contributed by atoms with Crippen LogP contribution in [0.3, 0.4) is 0 Å². The zero-order chi connectivity index (χ0) is 16.1. The Hall–Kier alpha value is -2.14. The lowest BCUT2D eigenvalue weighted by Crippen LogP contribution is -2.27. The second kappa shape index (κ2) is 7.42. The first kappa shape index (κ1) is 15.7. The first-order valence-corrected chi connectivity index (χ1v) is 8.23. The molecule has 1 aromatic heterocycles. The molecule has 1 aliphatic heterocycles. The average Bonchev–Trinajstić information content (AvgIpc) is 3.25. The van der Waals surface area contributed by atoms with Gasteiger partial charge in [-0.15, -0.1) is 0 Å². The van der Waals surface area contributed by atoms with Crippen LogP contribution in [-0.4, -0.2) is 24.0 Å². The van der Waals surface area contributed by atoms with E-state index in [1.807, 2.05) is 37.3 Å². The second-order valence-corrected chi connectivity index (χ2v) is 6.12. The molecule has 0 radical (unpaired) electrons. The van der Waals surface area contributed by atoms with Crippen LogP contribution >= 0.6 is 0 Å². The highest BCUT2D eigenvalue weighted by Gasteiger charge is 2.18. The topological polar surface area (TPSA) is 67.2 Å². The number of benzene rings is 1. The van der Waals surface area contributed by atoms with Crippen molar-refractivity contribution in [3.05, 3.63) is 42.4 Å². The van der Waals surface area contributed by atoms with Crippen LogP contribution in [0.2, 0.25) is 0 Å². The molecule has 1 saturated heterocycles. The van der Waals surface area contributed by atoms with Crippen molar-refractivity contribution in [2.24, 2.45) is 5.92 Å².